The van der Waals surface area contributed by atoms with Crippen molar-refractivity contribution in [3.05, 3.63) is 58.6 Å². The van der Waals surface area contributed by atoms with Crippen molar-refractivity contribution in [1.29, 1.82) is 0 Å². The predicted octanol–water partition coefficient (Wildman–Crippen LogP) is 2.58. The van der Waals surface area contributed by atoms with Crippen molar-refractivity contribution in [3.8, 4) is 11.5 Å². The first-order valence-electron chi connectivity index (χ1n) is 7.19. The second-order valence-corrected chi connectivity index (χ2v) is 5.57. The molecule has 0 aliphatic rings. The number of ether oxygens (including phenoxy) is 1. The SMILES string of the molecule is Cc1cc(Cl)ccc1OC(C)C(=O)NNC(=O)c1ccccc1O. The lowest BCUT2D eigenvalue weighted by molar-refractivity contribution is -0.128. The molecule has 2 amide bonds. The van der Waals surface area contributed by atoms with Gasteiger partial charge in [0.2, 0.25) is 0 Å². The summed E-state index contributed by atoms with van der Waals surface area (Å²) in [4.78, 5) is 23.9. The number of carbonyl (C=O) groups is 2. The Bertz CT molecular complexity index is 764. The van der Waals surface area contributed by atoms with Crippen molar-refractivity contribution >= 4 is 23.4 Å². The summed E-state index contributed by atoms with van der Waals surface area (Å²) in [5.41, 5.74) is 5.34. The molecule has 0 saturated carbocycles. The molecule has 2 aromatic carbocycles. The molecule has 0 aliphatic carbocycles. The minimum atomic E-state index is -0.838. The van der Waals surface area contributed by atoms with Crippen LogP contribution in [-0.2, 0) is 4.79 Å². The first-order valence-corrected chi connectivity index (χ1v) is 7.57. The van der Waals surface area contributed by atoms with Gasteiger partial charge in [0.1, 0.15) is 11.5 Å². The van der Waals surface area contributed by atoms with Gasteiger partial charge >= 0.3 is 0 Å². The van der Waals surface area contributed by atoms with Gasteiger partial charge in [0, 0.05) is 5.02 Å². The molecular formula is C17H17ClN2O4. The van der Waals surface area contributed by atoms with Crippen LogP contribution in [0.2, 0.25) is 5.02 Å². The van der Waals surface area contributed by atoms with E-state index in [9.17, 15) is 14.7 Å². The van der Waals surface area contributed by atoms with E-state index in [1.807, 2.05) is 6.92 Å². The van der Waals surface area contributed by atoms with E-state index < -0.39 is 17.9 Å². The average Bonchev–Trinajstić information content (AvgIpc) is 2.55. The summed E-state index contributed by atoms with van der Waals surface area (Å²) >= 11 is 5.87. The molecule has 2 aromatic rings. The molecule has 7 heteroatoms. The maximum absolute atomic E-state index is 12.0. The summed E-state index contributed by atoms with van der Waals surface area (Å²) in [6.45, 7) is 3.36. The van der Waals surface area contributed by atoms with Crippen LogP contribution in [0, 0.1) is 6.92 Å². The normalized spacial score (nSPS) is 11.5. The highest BCUT2D eigenvalue weighted by Gasteiger charge is 2.17. The average molecular weight is 349 g/mol. The maximum Gasteiger partial charge on any atom is 0.279 e. The smallest absolute Gasteiger partial charge is 0.279 e. The monoisotopic (exact) mass is 348 g/mol. The lowest BCUT2D eigenvalue weighted by Crippen LogP contribution is -2.47. The largest absolute Gasteiger partial charge is 0.507 e. The molecular weight excluding hydrogens is 332 g/mol. The minimum absolute atomic E-state index is 0.0555. The van der Waals surface area contributed by atoms with Crippen molar-refractivity contribution in [1.82, 2.24) is 10.9 Å². The van der Waals surface area contributed by atoms with Crippen molar-refractivity contribution in [2.45, 2.75) is 20.0 Å². The molecule has 126 valence electrons. The topological polar surface area (TPSA) is 87.7 Å². The van der Waals surface area contributed by atoms with Crippen LogP contribution in [-0.4, -0.2) is 23.0 Å². The van der Waals surface area contributed by atoms with Crippen LogP contribution >= 0.6 is 11.6 Å². The molecule has 0 saturated heterocycles. The lowest BCUT2D eigenvalue weighted by Gasteiger charge is -2.16. The number of amides is 2. The zero-order valence-electron chi connectivity index (χ0n) is 13.2. The van der Waals surface area contributed by atoms with Crippen LogP contribution in [0.5, 0.6) is 11.5 Å². The van der Waals surface area contributed by atoms with Gasteiger partial charge in [0.15, 0.2) is 6.10 Å². The zero-order valence-corrected chi connectivity index (χ0v) is 13.9. The molecule has 3 N–H and O–H groups in total. The summed E-state index contributed by atoms with van der Waals surface area (Å²) in [6, 6.07) is 11.1. The van der Waals surface area contributed by atoms with Gasteiger partial charge in [-0.25, -0.2) is 0 Å². The van der Waals surface area contributed by atoms with Crippen LogP contribution < -0.4 is 15.6 Å². The quantitative estimate of drug-likeness (QED) is 0.741. The number of phenols is 1. The van der Waals surface area contributed by atoms with Gasteiger partial charge in [-0.3, -0.25) is 20.4 Å². The van der Waals surface area contributed by atoms with E-state index in [0.717, 1.165) is 5.56 Å². The standard InChI is InChI=1S/C17H17ClN2O4/c1-10-9-12(18)7-8-15(10)24-11(2)16(22)19-20-17(23)13-5-3-4-6-14(13)21/h3-9,11,21H,1-2H3,(H,19,22)(H,20,23). The van der Waals surface area contributed by atoms with E-state index in [1.54, 1.807) is 37.3 Å². The third-order valence-electron chi connectivity index (χ3n) is 3.26. The molecule has 1 atom stereocenters. The van der Waals surface area contributed by atoms with Gasteiger partial charge in [-0.15, -0.1) is 0 Å². The number of para-hydroxylation sites is 1. The molecule has 0 heterocycles. The number of hydrazine groups is 1. The Hall–Kier alpha value is -2.73. The maximum atomic E-state index is 12.0. The van der Waals surface area contributed by atoms with E-state index in [-0.39, 0.29) is 11.3 Å². The second kappa shape index (κ2) is 7.70. The molecule has 0 aliphatic heterocycles. The number of benzene rings is 2. The van der Waals surface area contributed by atoms with Crippen molar-refractivity contribution in [2.24, 2.45) is 0 Å². The molecule has 2 rings (SSSR count). The van der Waals surface area contributed by atoms with Crippen LogP contribution in [0.1, 0.15) is 22.8 Å². The van der Waals surface area contributed by atoms with E-state index in [1.165, 1.54) is 12.1 Å². The van der Waals surface area contributed by atoms with Gasteiger partial charge in [0.25, 0.3) is 11.8 Å². The Kier molecular flexibility index (Phi) is 5.65. The van der Waals surface area contributed by atoms with Crippen molar-refractivity contribution in [3.63, 3.8) is 0 Å². The van der Waals surface area contributed by atoms with Gasteiger partial charge in [0.05, 0.1) is 5.56 Å². The Labute approximate surface area is 144 Å². The van der Waals surface area contributed by atoms with Crippen molar-refractivity contribution < 1.29 is 19.4 Å². The van der Waals surface area contributed by atoms with Crippen LogP contribution in [0.3, 0.4) is 0 Å². The fourth-order valence-electron chi connectivity index (χ4n) is 1.94. The second-order valence-electron chi connectivity index (χ2n) is 5.13. The summed E-state index contributed by atoms with van der Waals surface area (Å²) in [5.74, 6) is -0.816. The Morgan fingerprint density at radius 2 is 1.88 bits per heavy atom. The number of aryl methyl sites for hydroxylation is 1. The molecule has 0 aromatic heterocycles. The third-order valence-corrected chi connectivity index (χ3v) is 3.49. The number of nitrogens with one attached hydrogen (secondary N) is 2. The van der Waals surface area contributed by atoms with Crippen LogP contribution in [0.4, 0.5) is 0 Å². The number of aromatic hydroxyl groups is 1. The number of halogens is 1. The van der Waals surface area contributed by atoms with Gasteiger partial charge in [-0.05, 0) is 49.7 Å². The van der Waals surface area contributed by atoms with E-state index in [0.29, 0.717) is 10.8 Å². The number of rotatable bonds is 4. The molecule has 0 bridgehead atoms. The summed E-state index contributed by atoms with van der Waals surface area (Å²) in [7, 11) is 0. The van der Waals surface area contributed by atoms with E-state index in [2.05, 4.69) is 10.9 Å². The highest BCUT2D eigenvalue weighted by atomic mass is 35.5. The molecule has 0 spiro atoms. The number of hydrogen-bond donors (Lipinski definition) is 3. The summed E-state index contributed by atoms with van der Waals surface area (Å²) < 4.78 is 5.55. The lowest BCUT2D eigenvalue weighted by atomic mass is 10.2. The summed E-state index contributed by atoms with van der Waals surface area (Å²) in [6.07, 6.45) is -0.838. The fraction of sp³-hybridized carbons (Fsp3) is 0.176. The van der Waals surface area contributed by atoms with Crippen LogP contribution in [0.25, 0.3) is 0 Å². The van der Waals surface area contributed by atoms with Crippen molar-refractivity contribution in [2.75, 3.05) is 0 Å². The minimum Gasteiger partial charge on any atom is -0.507 e. The Balaban J connectivity index is 1.92. The highest BCUT2D eigenvalue weighted by Crippen LogP contribution is 2.22. The first kappa shape index (κ1) is 17.6. The van der Waals surface area contributed by atoms with E-state index in [4.69, 9.17) is 16.3 Å². The zero-order chi connectivity index (χ0) is 17.7. The molecule has 0 radical (unpaired) electrons. The number of hydrogen-bond acceptors (Lipinski definition) is 4. The predicted molar refractivity (Wildman–Crippen MR) is 90.0 cm³/mol. The molecule has 6 nitrogen and oxygen atoms in total. The molecule has 0 fully saturated rings. The molecule has 1 unspecified atom stereocenters. The van der Waals surface area contributed by atoms with Crippen LogP contribution in [0.15, 0.2) is 42.5 Å². The van der Waals surface area contributed by atoms with Gasteiger partial charge in [-0.2, -0.15) is 0 Å². The van der Waals surface area contributed by atoms with E-state index >= 15 is 0 Å². The Morgan fingerprint density at radius 3 is 2.54 bits per heavy atom. The Morgan fingerprint density at radius 1 is 1.17 bits per heavy atom. The first-order chi connectivity index (χ1) is 11.4. The summed E-state index contributed by atoms with van der Waals surface area (Å²) in [5, 5.41) is 10.2. The van der Waals surface area contributed by atoms with Gasteiger partial charge in [-0.1, -0.05) is 23.7 Å². The number of carbonyl (C=O) groups excluding carboxylic acids is 2. The number of phenolic OH excluding ortho intramolecular Hbond substituents is 1. The van der Waals surface area contributed by atoms with Gasteiger partial charge < -0.3 is 9.84 Å². The molecule has 24 heavy (non-hydrogen) atoms. The third kappa shape index (κ3) is 4.39. The fourth-order valence-corrected chi connectivity index (χ4v) is 2.17. The highest BCUT2D eigenvalue weighted by molar-refractivity contribution is 6.30.